The number of carboxylic acids is 2. The minimum absolute atomic E-state index is 0.0289. The molecule has 22 nitrogen and oxygen atoms in total. The zero-order chi connectivity index (χ0) is 53.3. The van der Waals surface area contributed by atoms with Crippen LogP contribution in [0.3, 0.4) is 0 Å². The van der Waals surface area contributed by atoms with Gasteiger partial charge in [-0.1, -0.05) is 78.3 Å². The number of nitrogens with two attached hydrogens (primary N) is 1. The Kier molecular flexibility index (Phi) is 23.3. The number of likely N-dealkylation sites (tertiary alicyclic amines) is 2. The van der Waals surface area contributed by atoms with Crippen molar-refractivity contribution in [3.8, 4) is 0 Å². The molecule has 8 amide bonds. The van der Waals surface area contributed by atoms with E-state index in [4.69, 9.17) is 5.73 Å². The second kappa shape index (κ2) is 28.0. The Labute approximate surface area is 415 Å². The summed E-state index contributed by atoms with van der Waals surface area (Å²) >= 11 is 0. The number of hydrogen-bond donors (Lipinski definition) is 10. The second-order valence-corrected chi connectivity index (χ2v) is 19.7. The zero-order valence-corrected chi connectivity index (χ0v) is 42.3. The first-order chi connectivity index (χ1) is 33.4. The van der Waals surface area contributed by atoms with Gasteiger partial charge in [0.1, 0.15) is 48.3 Å². The molecule has 0 bridgehead atoms. The highest BCUT2D eigenvalue weighted by Crippen LogP contribution is 2.23. The highest BCUT2D eigenvalue weighted by molar-refractivity contribution is 5.98. The number of carboxylic acid groups (broad SMARTS) is 2. The van der Waals surface area contributed by atoms with Crippen molar-refractivity contribution < 1.29 is 63.3 Å². The molecule has 2 aliphatic heterocycles. The van der Waals surface area contributed by atoms with Gasteiger partial charge in [-0.25, -0.2) is 4.79 Å². The van der Waals surface area contributed by atoms with E-state index in [1.54, 1.807) is 44.2 Å². The summed E-state index contributed by atoms with van der Waals surface area (Å²) in [6.07, 6.45) is -0.387. The summed E-state index contributed by atoms with van der Waals surface area (Å²) in [4.78, 5) is 137. The molecule has 3 rings (SSSR count). The molecule has 2 aliphatic rings. The van der Waals surface area contributed by atoms with Crippen molar-refractivity contribution in [2.75, 3.05) is 13.1 Å². The summed E-state index contributed by atoms with van der Waals surface area (Å²) in [6, 6.07) is -2.39. The van der Waals surface area contributed by atoms with Gasteiger partial charge in [-0.15, -0.1) is 0 Å². The molecule has 1 aromatic carbocycles. The molecule has 11 N–H and O–H groups in total. The van der Waals surface area contributed by atoms with Crippen LogP contribution in [0.25, 0.3) is 0 Å². The number of carbonyl (C=O) groups is 10. The lowest BCUT2D eigenvalue weighted by atomic mass is 9.96. The van der Waals surface area contributed by atoms with Crippen molar-refractivity contribution in [1.82, 2.24) is 41.7 Å². The first-order valence-corrected chi connectivity index (χ1v) is 24.7. The molecule has 1 aromatic rings. The molecule has 0 saturated carbocycles. The van der Waals surface area contributed by atoms with E-state index < -0.39 is 132 Å². The minimum atomic E-state index is -1.63. The van der Waals surface area contributed by atoms with Crippen LogP contribution in [0.5, 0.6) is 0 Å². The van der Waals surface area contributed by atoms with Crippen LogP contribution >= 0.6 is 0 Å². The van der Waals surface area contributed by atoms with Gasteiger partial charge in [0.25, 0.3) is 0 Å². The van der Waals surface area contributed by atoms with Crippen molar-refractivity contribution in [2.45, 2.75) is 180 Å². The van der Waals surface area contributed by atoms with Crippen LogP contribution in [0.2, 0.25) is 0 Å². The smallest absolute Gasteiger partial charge is 0.326 e. The third-order valence-electron chi connectivity index (χ3n) is 12.8. The average molecular weight is 1000 g/mol. The number of rotatable bonds is 27. The van der Waals surface area contributed by atoms with Gasteiger partial charge in [0.05, 0.1) is 12.1 Å². The number of aliphatic hydroxyl groups excluding tert-OH is 1. The number of aliphatic hydroxyl groups is 1. The predicted octanol–water partition coefficient (Wildman–Crippen LogP) is -0.0644. The number of nitrogens with zero attached hydrogens (tertiary/aromatic N) is 2. The molecule has 71 heavy (non-hydrogen) atoms. The first-order valence-electron chi connectivity index (χ1n) is 24.7. The van der Waals surface area contributed by atoms with E-state index in [0.717, 1.165) is 0 Å². The molecule has 2 heterocycles. The average Bonchev–Trinajstić information content (AvgIpc) is 4.01. The lowest BCUT2D eigenvalue weighted by molar-refractivity contribution is -0.145. The summed E-state index contributed by atoms with van der Waals surface area (Å²) in [7, 11) is 0. The third-order valence-corrected chi connectivity index (χ3v) is 12.8. The van der Waals surface area contributed by atoms with Crippen LogP contribution in [0.15, 0.2) is 30.3 Å². The van der Waals surface area contributed by atoms with Gasteiger partial charge >= 0.3 is 11.9 Å². The lowest BCUT2D eigenvalue weighted by Gasteiger charge is -2.33. The van der Waals surface area contributed by atoms with Crippen molar-refractivity contribution in [1.29, 1.82) is 0 Å². The van der Waals surface area contributed by atoms with Gasteiger partial charge in [0, 0.05) is 25.9 Å². The van der Waals surface area contributed by atoms with Crippen molar-refractivity contribution in [3.05, 3.63) is 35.9 Å². The fraction of sp³-hybridized carbons (Fsp3) is 0.673. The monoisotopic (exact) mass is 1000 g/mol. The summed E-state index contributed by atoms with van der Waals surface area (Å²) in [5.41, 5.74) is 6.33. The van der Waals surface area contributed by atoms with Gasteiger partial charge in [-0.05, 0) is 82.1 Å². The first kappa shape index (κ1) is 59.2. The van der Waals surface area contributed by atoms with Crippen LogP contribution in [-0.2, 0) is 54.4 Å². The molecular weight excluding hydrogens is 923 g/mol. The molecule has 2 saturated heterocycles. The van der Waals surface area contributed by atoms with Crippen LogP contribution < -0.4 is 37.6 Å². The molecule has 11 atom stereocenters. The highest BCUT2D eigenvalue weighted by Gasteiger charge is 2.43. The third kappa shape index (κ3) is 17.9. The van der Waals surface area contributed by atoms with Crippen molar-refractivity contribution in [2.24, 2.45) is 23.5 Å². The Morgan fingerprint density at radius 1 is 0.620 bits per heavy atom. The SMILES string of the molecule is CCC(C)C(NC(=O)C(NC(=O)C1CCCN1C(=O)C(Cc1ccccc1)NC(=O)C(CCC(=O)O)NC(=O)C(C)N)C(C)O)C(=O)NC(CC(C)C)C(=O)N1CCCC1C(=O)NC(CC(C)C)C(=O)O. The maximum atomic E-state index is 14.4. The maximum Gasteiger partial charge on any atom is 0.326 e. The molecule has 0 aliphatic carbocycles. The quantitative estimate of drug-likeness (QED) is 0.0552. The largest absolute Gasteiger partial charge is 0.481 e. The number of nitrogens with one attached hydrogen (secondary N) is 6. The predicted molar refractivity (Wildman–Crippen MR) is 259 cm³/mol. The van der Waals surface area contributed by atoms with E-state index >= 15 is 0 Å². The fourth-order valence-electron chi connectivity index (χ4n) is 8.68. The second-order valence-electron chi connectivity index (χ2n) is 19.7. The number of carbonyl (C=O) groups excluding carboxylic acids is 8. The van der Waals surface area contributed by atoms with Gasteiger partial charge in [0.15, 0.2) is 0 Å². The number of amides is 8. The van der Waals surface area contributed by atoms with E-state index in [0.29, 0.717) is 24.8 Å². The van der Waals surface area contributed by atoms with Gasteiger partial charge in [-0.3, -0.25) is 43.2 Å². The van der Waals surface area contributed by atoms with E-state index in [1.807, 2.05) is 27.7 Å². The summed E-state index contributed by atoms with van der Waals surface area (Å²) < 4.78 is 0. The molecule has 396 valence electrons. The number of benzene rings is 1. The topological polar surface area (TPSA) is 336 Å². The summed E-state index contributed by atoms with van der Waals surface area (Å²) in [5.74, 6) is -8.97. The number of hydrogen-bond acceptors (Lipinski definition) is 12. The van der Waals surface area contributed by atoms with Gasteiger partial charge < -0.3 is 62.8 Å². The van der Waals surface area contributed by atoms with Crippen molar-refractivity contribution in [3.63, 3.8) is 0 Å². The van der Waals surface area contributed by atoms with E-state index in [-0.39, 0.29) is 63.5 Å². The van der Waals surface area contributed by atoms with Crippen molar-refractivity contribution >= 4 is 59.2 Å². The Morgan fingerprint density at radius 3 is 1.61 bits per heavy atom. The molecule has 22 heteroatoms. The lowest BCUT2D eigenvalue weighted by Crippen LogP contribution is -2.62. The Hall–Kier alpha value is -6.16. The van der Waals surface area contributed by atoms with Crippen LogP contribution in [0.4, 0.5) is 0 Å². The van der Waals surface area contributed by atoms with Gasteiger partial charge in [-0.2, -0.15) is 0 Å². The number of aliphatic carboxylic acids is 2. The highest BCUT2D eigenvalue weighted by atomic mass is 16.4. The molecule has 0 aromatic heterocycles. The Morgan fingerprint density at radius 2 is 1.11 bits per heavy atom. The van der Waals surface area contributed by atoms with Crippen LogP contribution in [0, 0.1) is 17.8 Å². The molecule has 11 unspecified atom stereocenters. The zero-order valence-electron chi connectivity index (χ0n) is 42.3. The van der Waals surface area contributed by atoms with E-state index in [2.05, 4.69) is 31.9 Å². The Balaban J connectivity index is 1.83. The minimum Gasteiger partial charge on any atom is -0.481 e. The summed E-state index contributed by atoms with van der Waals surface area (Å²) in [5, 5.41) is 45.7. The summed E-state index contributed by atoms with van der Waals surface area (Å²) in [6.45, 7) is 13.7. The standard InChI is InChI=1S/C49H77N9O13/c1-9-28(6)39(45(66)53-33(23-26(2)3)47(68)57-21-13-17-36(57)43(64)54-35(49(70)71)24-27(4)5)55-46(67)40(30(8)59)56-44(65)37-18-14-22-58(37)48(69)34(25-31-15-11-10-12-16-31)52-42(63)32(19-20-38(60)61)51-41(62)29(7)50/h10-12,15-16,26-30,32-37,39-40,59H,9,13-14,17-25,50H2,1-8H3,(H,51,62)(H,52,63)(H,53,66)(H,54,64)(H,55,67)(H,56,65)(H,60,61)(H,70,71). The Bertz CT molecular complexity index is 2030. The molecule has 2 fully saturated rings. The fourth-order valence-corrected chi connectivity index (χ4v) is 8.68. The van der Waals surface area contributed by atoms with Crippen LogP contribution in [0.1, 0.15) is 119 Å². The molecule has 0 spiro atoms. The normalized spacial score (nSPS) is 19.5. The molecular formula is C49H77N9O13. The van der Waals surface area contributed by atoms with E-state index in [9.17, 15) is 63.3 Å². The van der Waals surface area contributed by atoms with E-state index in [1.165, 1.54) is 23.6 Å². The molecule has 0 radical (unpaired) electrons. The van der Waals surface area contributed by atoms with Crippen LogP contribution in [-0.4, -0.2) is 158 Å². The maximum absolute atomic E-state index is 14.4. The van der Waals surface area contributed by atoms with Gasteiger partial charge in [0.2, 0.25) is 47.3 Å².